The molecule has 1 unspecified atom stereocenters. The Morgan fingerprint density at radius 1 is 1.29 bits per heavy atom. The van der Waals surface area contributed by atoms with Crippen LogP contribution in [0.15, 0.2) is 29.6 Å². The number of hydrogen-bond acceptors (Lipinski definition) is 4. The Kier molecular flexibility index (Phi) is 5.25. The molecule has 2 N–H and O–H groups in total. The molecule has 1 atom stereocenters. The second kappa shape index (κ2) is 7.57. The van der Waals surface area contributed by atoms with Crippen molar-refractivity contribution in [3.05, 3.63) is 51.5 Å². The molecule has 1 amide bonds. The highest BCUT2D eigenvalue weighted by molar-refractivity contribution is 7.09. The fourth-order valence-corrected chi connectivity index (χ4v) is 3.89. The smallest absolute Gasteiger partial charge is 0.355 e. The van der Waals surface area contributed by atoms with Gasteiger partial charge in [-0.1, -0.05) is 24.3 Å². The van der Waals surface area contributed by atoms with Gasteiger partial charge in [0.05, 0.1) is 5.01 Å². The van der Waals surface area contributed by atoms with Gasteiger partial charge in [0.2, 0.25) is 5.91 Å². The Morgan fingerprint density at radius 2 is 2.08 bits per heavy atom. The van der Waals surface area contributed by atoms with Gasteiger partial charge in [-0.25, -0.2) is 9.78 Å². The number of carboxylic acids is 1. The SMILES string of the molecule is O=C(CC1CCc2ccccc2C1)NCCc1nc(C(=O)O)cs1. The van der Waals surface area contributed by atoms with Crippen LogP contribution in [0.3, 0.4) is 0 Å². The third kappa shape index (κ3) is 4.20. The van der Waals surface area contributed by atoms with E-state index < -0.39 is 5.97 Å². The van der Waals surface area contributed by atoms with Gasteiger partial charge >= 0.3 is 5.97 Å². The molecule has 0 bridgehead atoms. The molecule has 1 aromatic heterocycles. The van der Waals surface area contributed by atoms with Gasteiger partial charge in [-0.2, -0.15) is 0 Å². The number of hydrogen-bond donors (Lipinski definition) is 2. The van der Waals surface area contributed by atoms with Gasteiger partial charge in [-0.15, -0.1) is 11.3 Å². The highest BCUT2D eigenvalue weighted by Gasteiger charge is 2.20. The summed E-state index contributed by atoms with van der Waals surface area (Å²) in [5, 5.41) is 14.0. The van der Waals surface area contributed by atoms with E-state index in [1.165, 1.54) is 27.8 Å². The molecular weight excluding hydrogens is 324 g/mol. The number of amides is 1. The van der Waals surface area contributed by atoms with Crippen molar-refractivity contribution < 1.29 is 14.7 Å². The quantitative estimate of drug-likeness (QED) is 0.844. The van der Waals surface area contributed by atoms with Crippen molar-refractivity contribution in [2.45, 2.75) is 32.1 Å². The minimum Gasteiger partial charge on any atom is -0.476 e. The molecule has 0 fully saturated rings. The van der Waals surface area contributed by atoms with E-state index in [9.17, 15) is 9.59 Å². The van der Waals surface area contributed by atoms with Gasteiger partial charge in [0, 0.05) is 24.8 Å². The number of aryl methyl sites for hydroxylation is 1. The Hall–Kier alpha value is -2.21. The number of nitrogens with zero attached hydrogens (tertiary/aromatic N) is 1. The predicted octanol–water partition coefficient (Wildman–Crippen LogP) is 2.70. The highest BCUT2D eigenvalue weighted by Crippen LogP contribution is 2.27. The second-order valence-electron chi connectivity index (χ2n) is 6.11. The summed E-state index contributed by atoms with van der Waals surface area (Å²) in [5.41, 5.74) is 2.85. The molecule has 1 aliphatic rings. The highest BCUT2D eigenvalue weighted by atomic mass is 32.1. The first kappa shape index (κ1) is 16.6. The van der Waals surface area contributed by atoms with Crippen LogP contribution >= 0.6 is 11.3 Å². The zero-order valence-electron chi connectivity index (χ0n) is 13.3. The summed E-state index contributed by atoms with van der Waals surface area (Å²) in [7, 11) is 0. The Labute approximate surface area is 144 Å². The first-order chi connectivity index (χ1) is 11.6. The van der Waals surface area contributed by atoms with Crippen molar-refractivity contribution in [2.24, 2.45) is 5.92 Å². The Bertz CT molecular complexity index is 741. The number of carbonyl (C=O) groups excluding carboxylic acids is 1. The second-order valence-corrected chi connectivity index (χ2v) is 7.06. The van der Waals surface area contributed by atoms with Crippen LogP contribution < -0.4 is 5.32 Å². The van der Waals surface area contributed by atoms with Crippen LogP contribution in [0, 0.1) is 5.92 Å². The molecule has 126 valence electrons. The lowest BCUT2D eigenvalue weighted by Crippen LogP contribution is -2.29. The lowest BCUT2D eigenvalue weighted by molar-refractivity contribution is -0.122. The van der Waals surface area contributed by atoms with E-state index in [1.807, 2.05) is 0 Å². The first-order valence-electron chi connectivity index (χ1n) is 8.13. The van der Waals surface area contributed by atoms with Gasteiger partial charge in [-0.3, -0.25) is 4.79 Å². The zero-order chi connectivity index (χ0) is 16.9. The normalized spacial score (nSPS) is 16.4. The molecular formula is C18H20N2O3S. The standard InChI is InChI=1S/C18H20N2O3S/c21-16(19-8-7-17-20-15(11-24-17)18(22)23)10-12-5-6-13-3-1-2-4-14(13)9-12/h1-4,11-12H,5-10H2,(H,19,21)(H,22,23). The van der Waals surface area contributed by atoms with E-state index >= 15 is 0 Å². The van der Waals surface area contributed by atoms with Gasteiger partial charge in [-0.05, 0) is 36.3 Å². The lowest BCUT2D eigenvalue weighted by atomic mass is 9.82. The summed E-state index contributed by atoms with van der Waals surface area (Å²) < 4.78 is 0. The molecule has 1 aromatic carbocycles. The summed E-state index contributed by atoms with van der Waals surface area (Å²) in [6.45, 7) is 0.495. The number of thiazole rings is 1. The van der Waals surface area contributed by atoms with E-state index in [-0.39, 0.29) is 11.6 Å². The third-order valence-electron chi connectivity index (χ3n) is 4.35. The minimum absolute atomic E-state index is 0.0643. The van der Waals surface area contributed by atoms with Crippen molar-refractivity contribution in [1.82, 2.24) is 10.3 Å². The fraction of sp³-hybridized carbons (Fsp3) is 0.389. The van der Waals surface area contributed by atoms with Gasteiger partial charge in [0.1, 0.15) is 0 Å². The topological polar surface area (TPSA) is 79.3 Å². The summed E-state index contributed by atoms with van der Waals surface area (Å²) in [6, 6.07) is 8.45. The maximum Gasteiger partial charge on any atom is 0.355 e. The summed E-state index contributed by atoms with van der Waals surface area (Å²) >= 11 is 1.31. The largest absolute Gasteiger partial charge is 0.476 e. The fourth-order valence-electron chi connectivity index (χ4n) is 3.11. The molecule has 5 nitrogen and oxygen atoms in total. The number of nitrogens with one attached hydrogen (secondary N) is 1. The van der Waals surface area contributed by atoms with Crippen LogP contribution in [0.5, 0.6) is 0 Å². The van der Waals surface area contributed by atoms with Gasteiger partial charge < -0.3 is 10.4 Å². The molecule has 1 aliphatic carbocycles. The van der Waals surface area contributed by atoms with Crippen molar-refractivity contribution in [1.29, 1.82) is 0 Å². The van der Waals surface area contributed by atoms with Crippen molar-refractivity contribution in [3.8, 4) is 0 Å². The molecule has 0 spiro atoms. The molecule has 3 rings (SSSR count). The summed E-state index contributed by atoms with van der Waals surface area (Å²) in [6.07, 6.45) is 4.19. The average molecular weight is 344 g/mol. The number of aromatic carboxylic acids is 1. The van der Waals surface area contributed by atoms with E-state index in [2.05, 4.69) is 34.6 Å². The molecule has 2 aromatic rings. The van der Waals surface area contributed by atoms with E-state index in [4.69, 9.17) is 5.11 Å². The Morgan fingerprint density at radius 3 is 2.83 bits per heavy atom. The third-order valence-corrected chi connectivity index (χ3v) is 5.26. The average Bonchev–Trinajstić information content (AvgIpc) is 3.04. The summed E-state index contributed by atoms with van der Waals surface area (Å²) in [4.78, 5) is 26.9. The van der Waals surface area contributed by atoms with Crippen molar-refractivity contribution in [2.75, 3.05) is 6.54 Å². The van der Waals surface area contributed by atoms with Crippen LogP contribution in [0.4, 0.5) is 0 Å². The zero-order valence-corrected chi connectivity index (χ0v) is 14.1. The van der Waals surface area contributed by atoms with Gasteiger partial charge in [0.15, 0.2) is 5.69 Å². The number of benzene rings is 1. The summed E-state index contributed by atoms with van der Waals surface area (Å²) in [5.74, 6) is -0.549. The van der Waals surface area contributed by atoms with E-state index in [1.54, 1.807) is 0 Å². The van der Waals surface area contributed by atoms with Gasteiger partial charge in [0.25, 0.3) is 0 Å². The van der Waals surface area contributed by atoms with Crippen LogP contribution in [-0.2, 0) is 24.1 Å². The number of aromatic nitrogens is 1. The van der Waals surface area contributed by atoms with Crippen molar-refractivity contribution in [3.63, 3.8) is 0 Å². The Balaban J connectivity index is 1.42. The number of carboxylic acid groups (broad SMARTS) is 1. The maximum atomic E-state index is 12.1. The van der Waals surface area contributed by atoms with E-state index in [0.717, 1.165) is 24.3 Å². The number of rotatable bonds is 6. The van der Waals surface area contributed by atoms with Crippen molar-refractivity contribution >= 4 is 23.2 Å². The molecule has 1 heterocycles. The van der Waals surface area contributed by atoms with Crippen LogP contribution in [0.1, 0.15) is 39.5 Å². The predicted molar refractivity (Wildman–Crippen MR) is 92.4 cm³/mol. The molecule has 6 heteroatoms. The molecule has 24 heavy (non-hydrogen) atoms. The maximum absolute atomic E-state index is 12.1. The molecule has 0 saturated heterocycles. The molecule has 0 radical (unpaired) electrons. The van der Waals surface area contributed by atoms with Crippen LogP contribution in [0.25, 0.3) is 0 Å². The molecule has 0 aliphatic heterocycles. The number of carbonyl (C=O) groups is 2. The molecule has 0 saturated carbocycles. The first-order valence-corrected chi connectivity index (χ1v) is 9.01. The lowest BCUT2D eigenvalue weighted by Gasteiger charge is -2.24. The van der Waals surface area contributed by atoms with Crippen LogP contribution in [0.2, 0.25) is 0 Å². The van der Waals surface area contributed by atoms with E-state index in [0.29, 0.717) is 25.3 Å². The van der Waals surface area contributed by atoms with Crippen LogP contribution in [-0.4, -0.2) is 28.5 Å². The minimum atomic E-state index is -1.01. The number of fused-ring (bicyclic) bond motifs is 1. The monoisotopic (exact) mass is 344 g/mol.